The number of halogens is 1. The molecule has 0 aliphatic heterocycles. The highest BCUT2D eigenvalue weighted by Gasteiger charge is 2.13. The highest BCUT2D eigenvalue weighted by Crippen LogP contribution is 2.09. The molecule has 0 aromatic heterocycles. The predicted octanol–water partition coefficient (Wildman–Crippen LogP) is 1.27. The summed E-state index contributed by atoms with van der Waals surface area (Å²) in [6, 6.07) is 0. The number of nitrogens with one attached hydrogen (secondary N) is 2. The Bertz CT molecular complexity index is 386. The Morgan fingerprint density at radius 3 is 2.24 bits per heavy atom. The molecule has 2 N–H and O–H groups in total. The highest BCUT2D eigenvalue weighted by molar-refractivity contribution is 14.0. The van der Waals surface area contributed by atoms with Gasteiger partial charge in [-0.3, -0.25) is 4.99 Å². The van der Waals surface area contributed by atoms with Gasteiger partial charge in [0, 0.05) is 33.0 Å². The molecule has 0 heterocycles. The van der Waals surface area contributed by atoms with Gasteiger partial charge in [-0.05, 0) is 19.3 Å². The lowest BCUT2D eigenvalue weighted by Gasteiger charge is -2.21. The normalized spacial score (nSPS) is 13.7. The lowest BCUT2D eigenvalue weighted by Crippen LogP contribution is -2.41. The van der Waals surface area contributed by atoms with E-state index in [0.29, 0.717) is 25.0 Å². The summed E-state index contributed by atoms with van der Waals surface area (Å²) in [6.45, 7) is 8.08. The molecule has 0 fully saturated rings. The third kappa shape index (κ3) is 13.3. The number of rotatable bonds is 9. The van der Waals surface area contributed by atoms with E-state index in [-0.39, 0.29) is 35.8 Å². The summed E-state index contributed by atoms with van der Waals surface area (Å²) < 4.78 is 27.7. The summed E-state index contributed by atoms with van der Waals surface area (Å²) in [6.07, 6.45) is 2.33. The van der Waals surface area contributed by atoms with E-state index in [1.165, 1.54) is 6.26 Å². The van der Waals surface area contributed by atoms with Crippen molar-refractivity contribution < 1.29 is 13.2 Å². The van der Waals surface area contributed by atoms with Crippen LogP contribution in [0.2, 0.25) is 0 Å². The van der Waals surface area contributed by atoms with Crippen LogP contribution in [0.1, 0.15) is 27.2 Å². The fourth-order valence-corrected chi connectivity index (χ4v) is 2.20. The summed E-state index contributed by atoms with van der Waals surface area (Å²) in [5.74, 6) is 1.19. The maximum absolute atomic E-state index is 11.0. The van der Waals surface area contributed by atoms with E-state index in [1.54, 1.807) is 7.05 Å². The minimum atomic E-state index is -2.95. The molecular weight excluding hydrogens is 405 g/mol. The van der Waals surface area contributed by atoms with Gasteiger partial charge in [0.2, 0.25) is 0 Å². The molecular formula is C13H30IN3O3S. The molecule has 0 saturated carbocycles. The van der Waals surface area contributed by atoms with Crippen molar-refractivity contribution in [2.24, 2.45) is 10.9 Å². The van der Waals surface area contributed by atoms with Gasteiger partial charge < -0.3 is 15.4 Å². The van der Waals surface area contributed by atoms with Crippen LogP contribution in [0.3, 0.4) is 0 Å². The van der Waals surface area contributed by atoms with Gasteiger partial charge in [0.05, 0.1) is 11.9 Å². The second-order valence-corrected chi connectivity index (χ2v) is 7.34. The van der Waals surface area contributed by atoms with Crippen LogP contribution in [0.4, 0.5) is 0 Å². The number of ether oxygens (including phenoxy) is 1. The van der Waals surface area contributed by atoms with Crippen molar-refractivity contribution in [2.45, 2.75) is 33.3 Å². The Hall–Kier alpha value is -0.0900. The maximum Gasteiger partial charge on any atom is 0.191 e. The fourth-order valence-electron chi connectivity index (χ4n) is 1.73. The fraction of sp³-hybridized carbons (Fsp3) is 0.923. The van der Waals surface area contributed by atoms with Crippen molar-refractivity contribution in [2.75, 3.05) is 38.8 Å². The predicted molar refractivity (Wildman–Crippen MR) is 99.4 cm³/mol. The molecule has 0 aromatic carbocycles. The van der Waals surface area contributed by atoms with Crippen molar-refractivity contribution >= 4 is 39.8 Å². The zero-order valence-corrected chi connectivity index (χ0v) is 16.8. The average molecular weight is 435 g/mol. The molecule has 8 heteroatoms. The van der Waals surface area contributed by atoms with Gasteiger partial charge in [-0.25, -0.2) is 8.42 Å². The number of hydrogen-bond acceptors (Lipinski definition) is 4. The Kier molecular flexibility index (Phi) is 13.7. The molecule has 0 radical (unpaired) electrons. The average Bonchev–Trinajstić information content (AvgIpc) is 2.34. The minimum Gasteiger partial charge on any atom is -0.378 e. The first-order valence-corrected chi connectivity index (χ1v) is 9.10. The zero-order valence-electron chi connectivity index (χ0n) is 13.7. The van der Waals surface area contributed by atoms with Crippen molar-refractivity contribution in [3.05, 3.63) is 0 Å². The van der Waals surface area contributed by atoms with Crippen molar-refractivity contribution in [1.29, 1.82) is 0 Å². The van der Waals surface area contributed by atoms with Crippen LogP contribution < -0.4 is 10.6 Å². The van der Waals surface area contributed by atoms with Crippen LogP contribution in [-0.4, -0.2) is 59.2 Å². The third-order valence-electron chi connectivity index (χ3n) is 2.83. The van der Waals surface area contributed by atoms with Crippen molar-refractivity contribution in [3.63, 3.8) is 0 Å². The van der Waals surface area contributed by atoms with Gasteiger partial charge in [-0.15, -0.1) is 24.0 Å². The molecule has 1 unspecified atom stereocenters. The standard InChI is InChI=1S/C13H29N3O3S.HI/c1-6-19-12(11(2)3)7-8-15-13(14-4)16-9-10-20(5,17)18;/h11-12H,6-10H2,1-5H3,(H2,14,15,16);1H. The van der Waals surface area contributed by atoms with Crippen LogP contribution in [0.15, 0.2) is 4.99 Å². The lowest BCUT2D eigenvalue weighted by molar-refractivity contribution is 0.0258. The Morgan fingerprint density at radius 2 is 1.81 bits per heavy atom. The van der Waals surface area contributed by atoms with Crippen molar-refractivity contribution in [3.8, 4) is 0 Å². The van der Waals surface area contributed by atoms with Crippen LogP contribution >= 0.6 is 24.0 Å². The van der Waals surface area contributed by atoms with Gasteiger partial charge in [0.25, 0.3) is 0 Å². The first kappa shape index (κ1) is 23.2. The molecule has 0 aliphatic rings. The second kappa shape index (κ2) is 12.5. The van der Waals surface area contributed by atoms with Gasteiger partial charge in [0.1, 0.15) is 9.84 Å². The highest BCUT2D eigenvalue weighted by atomic mass is 127. The monoisotopic (exact) mass is 435 g/mol. The molecule has 6 nitrogen and oxygen atoms in total. The van der Waals surface area contributed by atoms with E-state index in [0.717, 1.165) is 13.0 Å². The Morgan fingerprint density at radius 1 is 1.24 bits per heavy atom. The number of sulfone groups is 1. The summed E-state index contributed by atoms with van der Waals surface area (Å²) in [5, 5.41) is 6.14. The molecule has 21 heavy (non-hydrogen) atoms. The zero-order chi connectivity index (χ0) is 15.6. The lowest BCUT2D eigenvalue weighted by atomic mass is 10.0. The van der Waals surface area contributed by atoms with Crippen LogP contribution in [0.5, 0.6) is 0 Å². The van der Waals surface area contributed by atoms with Crippen LogP contribution in [-0.2, 0) is 14.6 Å². The molecule has 0 bridgehead atoms. The SMILES string of the molecule is CCOC(CCNC(=NC)NCCS(C)(=O)=O)C(C)C.I. The van der Waals surface area contributed by atoms with Gasteiger partial charge >= 0.3 is 0 Å². The van der Waals surface area contributed by atoms with E-state index in [4.69, 9.17) is 4.74 Å². The molecule has 0 aromatic rings. The van der Waals surface area contributed by atoms with Crippen molar-refractivity contribution in [1.82, 2.24) is 10.6 Å². The maximum atomic E-state index is 11.0. The molecule has 0 spiro atoms. The van der Waals surface area contributed by atoms with E-state index in [9.17, 15) is 8.42 Å². The van der Waals surface area contributed by atoms with Gasteiger partial charge in [-0.1, -0.05) is 13.8 Å². The van der Waals surface area contributed by atoms with E-state index in [1.807, 2.05) is 6.92 Å². The number of guanidine groups is 1. The minimum absolute atomic E-state index is 0. The molecule has 0 saturated heterocycles. The third-order valence-corrected chi connectivity index (χ3v) is 3.78. The van der Waals surface area contributed by atoms with Gasteiger partial charge in [-0.2, -0.15) is 0 Å². The van der Waals surface area contributed by atoms with Gasteiger partial charge in [0.15, 0.2) is 5.96 Å². The van der Waals surface area contributed by atoms with E-state index in [2.05, 4.69) is 29.5 Å². The number of nitrogens with zero attached hydrogens (tertiary/aromatic N) is 1. The van der Waals surface area contributed by atoms with E-state index >= 15 is 0 Å². The van der Waals surface area contributed by atoms with Crippen LogP contribution in [0.25, 0.3) is 0 Å². The first-order chi connectivity index (χ1) is 9.30. The van der Waals surface area contributed by atoms with Crippen LogP contribution in [0, 0.1) is 5.92 Å². The number of aliphatic imine (C=N–C) groups is 1. The van der Waals surface area contributed by atoms with E-state index < -0.39 is 9.84 Å². The Labute approximate surface area is 146 Å². The topological polar surface area (TPSA) is 79.8 Å². The summed E-state index contributed by atoms with van der Waals surface area (Å²) >= 11 is 0. The Balaban J connectivity index is 0. The smallest absolute Gasteiger partial charge is 0.191 e. The molecule has 1 atom stereocenters. The first-order valence-electron chi connectivity index (χ1n) is 7.04. The molecule has 0 amide bonds. The summed E-state index contributed by atoms with van der Waals surface area (Å²) in [5.41, 5.74) is 0. The quantitative estimate of drug-likeness (QED) is 0.324. The molecule has 0 aliphatic carbocycles. The molecule has 0 rings (SSSR count). The second-order valence-electron chi connectivity index (χ2n) is 5.08. The summed E-state index contributed by atoms with van der Waals surface area (Å²) in [4.78, 5) is 4.05. The molecule has 128 valence electrons. The largest absolute Gasteiger partial charge is 0.378 e. The number of hydrogen-bond donors (Lipinski definition) is 2. The summed E-state index contributed by atoms with van der Waals surface area (Å²) in [7, 11) is -1.28.